The molecule has 0 aromatic rings. The van der Waals surface area contributed by atoms with Gasteiger partial charge in [0.15, 0.2) is 0 Å². The number of nitrogens with zero attached hydrogens (tertiary/aromatic N) is 1. The minimum Gasteiger partial charge on any atom is -0.311 e. The van der Waals surface area contributed by atoms with Gasteiger partial charge in [-0.2, -0.15) is 0 Å². The van der Waals surface area contributed by atoms with E-state index in [1.807, 2.05) is 0 Å². The molecule has 3 rings (SSSR count). The maximum Gasteiger partial charge on any atom is 0.0128 e. The normalized spacial score (nSPS) is 38.0. The van der Waals surface area contributed by atoms with E-state index >= 15 is 0 Å². The fraction of sp³-hybridized carbons (Fsp3) is 1.00. The molecule has 0 aromatic heterocycles. The molecule has 0 amide bonds. The van der Waals surface area contributed by atoms with Crippen LogP contribution in [0.5, 0.6) is 0 Å². The number of nitrogens with one attached hydrogen (secondary N) is 1. The molecule has 3 aliphatic rings. The van der Waals surface area contributed by atoms with E-state index in [1.165, 1.54) is 70.8 Å². The Bertz CT molecular complexity index is 246. The lowest BCUT2D eigenvalue weighted by Crippen LogP contribution is -2.51. The predicted molar refractivity (Wildman–Crippen MR) is 76.8 cm³/mol. The van der Waals surface area contributed by atoms with Crippen LogP contribution in [-0.2, 0) is 0 Å². The zero-order valence-electron chi connectivity index (χ0n) is 12.0. The molecule has 2 atom stereocenters. The first-order chi connectivity index (χ1) is 8.86. The van der Waals surface area contributed by atoms with E-state index in [1.54, 1.807) is 0 Å². The monoisotopic (exact) mass is 250 g/mol. The molecule has 3 fully saturated rings. The second-order valence-electron chi connectivity index (χ2n) is 6.74. The van der Waals surface area contributed by atoms with Crippen molar-refractivity contribution >= 4 is 0 Å². The molecule has 2 unspecified atom stereocenters. The molecule has 2 saturated heterocycles. The van der Waals surface area contributed by atoms with Crippen LogP contribution in [0.2, 0.25) is 0 Å². The maximum absolute atomic E-state index is 3.79. The lowest BCUT2D eigenvalue weighted by Gasteiger charge is -2.41. The van der Waals surface area contributed by atoms with Gasteiger partial charge < -0.3 is 5.32 Å². The topological polar surface area (TPSA) is 15.3 Å². The third-order valence-electron chi connectivity index (χ3n) is 5.58. The van der Waals surface area contributed by atoms with Crippen molar-refractivity contribution in [3.8, 4) is 0 Å². The Morgan fingerprint density at radius 1 is 0.833 bits per heavy atom. The van der Waals surface area contributed by atoms with E-state index in [-0.39, 0.29) is 0 Å². The largest absolute Gasteiger partial charge is 0.311 e. The first-order valence-corrected chi connectivity index (χ1v) is 8.38. The molecule has 2 nitrogen and oxygen atoms in total. The van der Waals surface area contributed by atoms with Gasteiger partial charge in [-0.25, -0.2) is 0 Å². The van der Waals surface area contributed by atoms with Crippen molar-refractivity contribution in [2.75, 3.05) is 6.54 Å². The van der Waals surface area contributed by atoms with Gasteiger partial charge in [0.2, 0.25) is 0 Å². The maximum atomic E-state index is 3.79. The van der Waals surface area contributed by atoms with E-state index in [0.717, 1.165) is 24.2 Å². The van der Waals surface area contributed by atoms with Gasteiger partial charge in [0.25, 0.3) is 0 Å². The smallest absolute Gasteiger partial charge is 0.0128 e. The Kier molecular flexibility index (Phi) is 4.25. The first kappa shape index (κ1) is 12.9. The second kappa shape index (κ2) is 5.92. The molecule has 0 spiro atoms. The Hall–Kier alpha value is -0.0800. The summed E-state index contributed by atoms with van der Waals surface area (Å²) < 4.78 is 0. The summed E-state index contributed by atoms with van der Waals surface area (Å²) in [5, 5.41) is 3.79. The fourth-order valence-corrected chi connectivity index (χ4v) is 4.70. The van der Waals surface area contributed by atoms with Crippen molar-refractivity contribution in [2.45, 2.75) is 95.3 Å². The summed E-state index contributed by atoms with van der Waals surface area (Å²) >= 11 is 0. The van der Waals surface area contributed by atoms with Gasteiger partial charge in [0, 0.05) is 24.2 Å². The van der Waals surface area contributed by atoms with Crippen LogP contribution in [0.1, 0.15) is 71.1 Å². The molecule has 1 N–H and O–H groups in total. The average molecular weight is 250 g/mol. The Labute approximate surface area is 113 Å². The van der Waals surface area contributed by atoms with Crippen LogP contribution in [0.3, 0.4) is 0 Å². The molecule has 2 heteroatoms. The molecule has 2 bridgehead atoms. The minimum absolute atomic E-state index is 0.841. The Balaban J connectivity index is 1.63. The highest BCUT2D eigenvalue weighted by Crippen LogP contribution is 2.33. The van der Waals surface area contributed by atoms with Crippen molar-refractivity contribution < 1.29 is 0 Å². The van der Waals surface area contributed by atoms with E-state index in [0.29, 0.717) is 0 Å². The summed E-state index contributed by atoms with van der Waals surface area (Å²) in [6.45, 7) is 3.66. The van der Waals surface area contributed by atoms with E-state index in [4.69, 9.17) is 0 Å². The van der Waals surface area contributed by atoms with Crippen molar-refractivity contribution in [3.63, 3.8) is 0 Å². The van der Waals surface area contributed by atoms with Crippen LogP contribution >= 0.6 is 0 Å². The average Bonchev–Trinajstić information content (AvgIpc) is 2.59. The minimum atomic E-state index is 0.841. The van der Waals surface area contributed by atoms with E-state index < -0.39 is 0 Å². The fourth-order valence-electron chi connectivity index (χ4n) is 4.70. The third kappa shape index (κ3) is 2.75. The van der Waals surface area contributed by atoms with Gasteiger partial charge in [-0.05, 0) is 45.1 Å². The number of piperidine rings is 1. The molecule has 2 aliphatic heterocycles. The molecule has 1 saturated carbocycles. The van der Waals surface area contributed by atoms with Crippen molar-refractivity contribution in [1.82, 2.24) is 10.2 Å². The highest BCUT2D eigenvalue weighted by molar-refractivity contribution is 4.96. The molecule has 2 heterocycles. The van der Waals surface area contributed by atoms with Crippen molar-refractivity contribution in [3.05, 3.63) is 0 Å². The molecule has 18 heavy (non-hydrogen) atoms. The van der Waals surface area contributed by atoms with Crippen molar-refractivity contribution in [1.29, 1.82) is 0 Å². The lowest BCUT2D eigenvalue weighted by atomic mass is 9.95. The summed E-state index contributed by atoms with van der Waals surface area (Å²) in [5.74, 6) is 0. The van der Waals surface area contributed by atoms with Crippen LogP contribution in [0.15, 0.2) is 0 Å². The van der Waals surface area contributed by atoms with Crippen LogP contribution in [0.25, 0.3) is 0 Å². The highest BCUT2D eigenvalue weighted by atomic mass is 15.2. The van der Waals surface area contributed by atoms with Gasteiger partial charge in [0.1, 0.15) is 0 Å². The summed E-state index contributed by atoms with van der Waals surface area (Å²) in [4.78, 5) is 2.89. The molecule has 0 aromatic carbocycles. The van der Waals surface area contributed by atoms with E-state index in [2.05, 4.69) is 17.1 Å². The van der Waals surface area contributed by atoms with Gasteiger partial charge >= 0.3 is 0 Å². The number of hydrogen-bond donors (Lipinski definition) is 1. The SMILES string of the molecule is CCN(C1CCCCCC1)C1CC2CCC(C1)N2. The zero-order valence-corrected chi connectivity index (χ0v) is 12.0. The van der Waals surface area contributed by atoms with Crippen LogP contribution in [0.4, 0.5) is 0 Å². The highest BCUT2D eigenvalue weighted by Gasteiger charge is 2.37. The second-order valence-corrected chi connectivity index (χ2v) is 6.74. The van der Waals surface area contributed by atoms with Crippen LogP contribution < -0.4 is 5.32 Å². The number of hydrogen-bond acceptors (Lipinski definition) is 2. The third-order valence-corrected chi connectivity index (χ3v) is 5.58. The van der Waals surface area contributed by atoms with Crippen LogP contribution in [0, 0.1) is 0 Å². The van der Waals surface area contributed by atoms with Crippen LogP contribution in [-0.4, -0.2) is 35.6 Å². The van der Waals surface area contributed by atoms with Crippen molar-refractivity contribution in [2.24, 2.45) is 0 Å². The quantitative estimate of drug-likeness (QED) is 0.773. The molecule has 1 aliphatic carbocycles. The first-order valence-electron chi connectivity index (χ1n) is 8.38. The summed E-state index contributed by atoms with van der Waals surface area (Å²) in [5.41, 5.74) is 0. The van der Waals surface area contributed by atoms with Gasteiger partial charge in [-0.3, -0.25) is 4.90 Å². The Morgan fingerprint density at radius 3 is 2.00 bits per heavy atom. The molecular weight excluding hydrogens is 220 g/mol. The Morgan fingerprint density at radius 2 is 1.44 bits per heavy atom. The zero-order chi connectivity index (χ0) is 12.4. The molecular formula is C16H30N2. The summed E-state index contributed by atoms with van der Waals surface area (Å²) in [6, 6.07) is 3.47. The van der Waals surface area contributed by atoms with Gasteiger partial charge in [0.05, 0.1) is 0 Å². The molecule has 0 radical (unpaired) electrons. The standard InChI is InChI=1S/C16H30N2/c1-2-18(15-7-5-3-4-6-8-15)16-11-13-9-10-14(12-16)17-13/h13-17H,2-12H2,1H3. The number of fused-ring (bicyclic) bond motifs is 2. The summed E-state index contributed by atoms with van der Waals surface area (Å²) in [7, 11) is 0. The van der Waals surface area contributed by atoms with E-state index in [9.17, 15) is 0 Å². The molecule has 104 valence electrons. The summed E-state index contributed by atoms with van der Waals surface area (Å²) in [6.07, 6.45) is 14.5. The predicted octanol–water partition coefficient (Wildman–Crippen LogP) is 3.31. The van der Waals surface area contributed by atoms with Gasteiger partial charge in [-0.1, -0.05) is 32.6 Å². The lowest BCUT2D eigenvalue weighted by molar-refractivity contribution is 0.0908. The number of rotatable bonds is 3. The van der Waals surface area contributed by atoms with Gasteiger partial charge in [-0.15, -0.1) is 0 Å².